The molecule has 0 heterocycles. The molecule has 34 heavy (non-hydrogen) atoms. The number of halogens is 1. The number of hydrogen-bond acceptors (Lipinski definition) is 5. The number of rotatable bonds is 7. The Hall–Kier alpha value is -1.87. The molecule has 0 spiro atoms. The molecule has 3 aromatic rings. The van der Waals surface area contributed by atoms with Crippen molar-refractivity contribution in [3.8, 4) is 11.5 Å². The minimum Gasteiger partial charge on any atom is -0.594 e. The number of ether oxygens (including phenoxy) is 2. The lowest BCUT2D eigenvalue weighted by Gasteiger charge is -2.30. The van der Waals surface area contributed by atoms with Crippen molar-refractivity contribution >= 4 is 32.5 Å². The Bertz CT molecular complexity index is 971. The molecule has 0 radical (unpaired) electrons. The average Bonchev–Trinajstić information content (AvgIpc) is 2.90. The van der Waals surface area contributed by atoms with Crippen LogP contribution in [0.1, 0.15) is 37.2 Å². The quantitative estimate of drug-likeness (QED) is 0.336. The molecule has 1 aliphatic carbocycles. The van der Waals surface area contributed by atoms with Crippen molar-refractivity contribution in [3.63, 3.8) is 0 Å². The Kier molecular flexibility index (Phi) is 10.9. The summed E-state index contributed by atoms with van der Waals surface area (Å²) in [7, 11) is 7.10. The lowest BCUT2D eigenvalue weighted by molar-refractivity contribution is 0.137. The van der Waals surface area contributed by atoms with E-state index in [0.29, 0.717) is 15.7 Å². The molecular weight excluding hydrogens is 492 g/mol. The summed E-state index contributed by atoms with van der Waals surface area (Å²) in [6.45, 7) is 0. The van der Waals surface area contributed by atoms with E-state index in [2.05, 4.69) is 24.3 Å². The highest BCUT2D eigenvalue weighted by molar-refractivity contribution is 8.13. The molecule has 0 N–H and O–H groups in total. The number of methoxy groups -OCH3 is 2. The van der Waals surface area contributed by atoms with Gasteiger partial charge in [-0.25, -0.2) is 0 Å². The van der Waals surface area contributed by atoms with Crippen molar-refractivity contribution in [3.05, 3.63) is 84.4 Å². The molecule has 0 bridgehead atoms. The minimum absolute atomic E-state index is 0.00841. The first-order valence-corrected chi connectivity index (χ1v) is 14.1. The Morgan fingerprint density at radius 1 is 0.735 bits per heavy atom. The van der Waals surface area contributed by atoms with E-state index in [1.54, 1.807) is 50.6 Å². The minimum atomic E-state index is -1.44. The largest absolute Gasteiger partial charge is 0.594 e. The molecule has 0 aliphatic heterocycles. The van der Waals surface area contributed by atoms with Crippen LogP contribution >= 0.6 is 10.7 Å². The average molecular weight is 521 g/mol. The molecule has 4 rings (SSSR count). The van der Waals surface area contributed by atoms with Crippen LogP contribution in [0.15, 0.2) is 88.7 Å². The second kappa shape index (κ2) is 13.9. The van der Waals surface area contributed by atoms with Crippen LogP contribution in [0.4, 0.5) is 0 Å². The monoisotopic (exact) mass is 520 g/mol. The highest BCUT2D eigenvalue weighted by Crippen LogP contribution is 2.36. The summed E-state index contributed by atoms with van der Waals surface area (Å²) >= 11 is -1.44. The van der Waals surface area contributed by atoms with Gasteiger partial charge in [0.05, 0.1) is 14.2 Å². The third-order valence-corrected chi connectivity index (χ3v) is 7.89. The number of benzene rings is 3. The van der Waals surface area contributed by atoms with Gasteiger partial charge in [0, 0.05) is 18.1 Å². The second-order valence-electron chi connectivity index (χ2n) is 7.75. The Morgan fingerprint density at radius 2 is 1.26 bits per heavy atom. The molecular formula is C26H29ClO5S2. The third kappa shape index (κ3) is 7.83. The molecule has 182 valence electrons. The number of hydrogen-bond donors (Lipinski definition) is 0. The highest BCUT2D eigenvalue weighted by Gasteiger charge is 2.32. The lowest BCUT2D eigenvalue weighted by Crippen LogP contribution is -2.28. The molecule has 5 nitrogen and oxygen atoms in total. The zero-order valence-corrected chi connectivity index (χ0v) is 21.6. The summed E-state index contributed by atoms with van der Waals surface area (Å²) in [5.41, 5.74) is 1.28. The standard InChI is InChI=1S/C19H22O3S.C7H7ClO2S/c1-21-16-11-13-17(14-12-16)23(20)22-19-10-6-5-9-18(19)15-7-3-2-4-8-15;1-10-6-2-4-7(5-3-6)11(8)9/h2-4,7-8,11-14,18-19H,5-6,9-10H2,1H3;2-5H,1H3. The summed E-state index contributed by atoms with van der Waals surface area (Å²) in [6.07, 6.45) is 4.40. The van der Waals surface area contributed by atoms with E-state index in [1.807, 2.05) is 18.2 Å². The van der Waals surface area contributed by atoms with E-state index in [4.69, 9.17) is 24.3 Å². The zero-order chi connectivity index (χ0) is 24.3. The van der Waals surface area contributed by atoms with E-state index < -0.39 is 21.8 Å². The van der Waals surface area contributed by atoms with Gasteiger partial charge in [0.1, 0.15) is 28.0 Å². The van der Waals surface area contributed by atoms with Gasteiger partial charge in [0.15, 0.2) is 31.9 Å². The lowest BCUT2D eigenvalue weighted by atomic mass is 9.82. The molecule has 1 fully saturated rings. The predicted octanol–water partition coefficient (Wildman–Crippen LogP) is 6.42. The molecule has 1 saturated carbocycles. The Balaban J connectivity index is 0.000000248. The van der Waals surface area contributed by atoms with Crippen molar-refractivity contribution in [2.45, 2.75) is 47.5 Å². The van der Waals surface area contributed by atoms with Crippen LogP contribution in [0.25, 0.3) is 0 Å². The van der Waals surface area contributed by atoms with Gasteiger partial charge in [0.25, 0.3) is 0 Å². The maximum atomic E-state index is 12.5. The summed E-state index contributed by atoms with van der Waals surface area (Å²) < 4.78 is 39.2. The van der Waals surface area contributed by atoms with Crippen molar-refractivity contribution in [1.82, 2.24) is 0 Å². The topological polar surface area (TPSA) is 73.8 Å². The fourth-order valence-electron chi connectivity index (χ4n) is 3.83. The van der Waals surface area contributed by atoms with E-state index in [0.717, 1.165) is 30.8 Å². The van der Waals surface area contributed by atoms with Crippen molar-refractivity contribution in [1.29, 1.82) is 0 Å². The van der Waals surface area contributed by atoms with Gasteiger partial charge in [0.2, 0.25) is 0 Å². The van der Waals surface area contributed by atoms with E-state index in [9.17, 15) is 9.11 Å². The summed E-state index contributed by atoms with van der Waals surface area (Å²) in [5, 5.41) is 0. The Morgan fingerprint density at radius 3 is 1.79 bits per heavy atom. The third-order valence-electron chi connectivity index (χ3n) is 5.64. The van der Waals surface area contributed by atoms with Crippen molar-refractivity contribution in [2.24, 2.45) is 0 Å². The summed E-state index contributed by atoms with van der Waals surface area (Å²) in [4.78, 5) is 1.27. The molecule has 0 amide bonds. The van der Waals surface area contributed by atoms with E-state index >= 15 is 0 Å². The first-order valence-electron chi connectivity index (χ1n) is 11.0. The van der Waals surface area contributed by atoms with Gasteiger partial charge in [-0.05, 0) is 54.8 Å². The molecule has 4 atom stereocenters. The van der Waals surface area contributed by atoms with Gasteiger partial charge in [-0.15, -0.1) is 0 Å². The van der Waals surface area contributed by atoms with Gasteiger partial charge < -0.3 is 18.6 Å². The first kappa shape index (κ1) is 26.7. The van der Waals surface area contributed by atoms with Crippen LogP contribution in [0.5, 0.6) is 11.5 Å². The maximum Gasteiger partial charge on any atom is 0.189 e. The first-order chi connectivity index (χ1) is 16.5. The van der Waals surface area contributed by atoms with Crippen molar-refractivity contribution in [2.75, 3.05) is 14.2 Å². The Labute approximate surface area is 212 Å². The van der Waals surface area contributed by atoms with Crippen LogP contribution in [0.3, 0.4) is 0 Å². The molecule has 0 aromatic heterocycles. The molecule has 0 saturated heterocycles. The zero-order valence-electron chi connectivity index (χ0n) is 19.2. The van der Waals surface area contributed by atoms with Crippen LogP contribution in [-0.4, -0.2) is 29.4 Å². The van der Waals surface area contributed by atoms with E-state index in [1.165, 1.54) is 12.0 Å². The van der Waals surface area contributed by atoms with Gasteiger partial charge in [-0.1, -0.05) is 43.2 Å². The van der Waals surface area contributed by atoms with E-state index in [-0.39, 0.29) is 6.10 Å². The van der Waals surface area contributed by atoms with Gasteiger partial charge in [-0.3, -0.25) is 0 Å². The highest BCUT2D eigenvalue weighted by atomic mass is 35.7. The fraction of sp³-hybridized carbons (Fsp3) is 0.308. The smallest absolute Gasteiger partial charge is 0.189 e. The maximum absolute atomic E-state index is 12.5. The van der Waals surface area contributed by atoms with Crippen molar-refractivity contribution < 1.29 is 22.8 Å². The second-order valence-corrected chi connectivity index (χ2v) is 10.6. The summed E-state index contributed by atoms with van der Waals surface area (Å²) in [6, 6.07) is 24.4. The SMILES string of the molecule is COc1ccc([S+]([O-])Cl)cc1.COc1ccc([S+]([O-])OC2CCCCC2c2ccccc2)cc1. The molecule has 3 aromatic carbocycles. The normalized spacial score (nSPS) is 19.3. The molecule has 8 heteroatoms. The molecule has 4 unspecified atom stereocenters. The van der Waals surface area contributed by atoms with Gasteiger partial charge in [-0.2, -0.15) is 4.18 Å². The van der Waals surface area contributed by atoms with Crippen LogP contribution in [0.2, 0.25) is 0 Å². The van der Waals surface area contributed by atoms with Crippen LogP contribution < -0.4 is 9.47 Å². The van der Waals surface area contributed by atoms with Crippen LogP contribution in [-0.2, 0) is 26.0 Å². The van der Waals surface area contributed by atoms with Crippen LogP contribution in [0, 0.1) is 0 Å². The predicted molar refractivity (Wildman–Crippen MR) is 137 cm³/mol. The molecule has 1 aliphatic rings. The fourth-order valence-corrected chi connectivity index (χ4v) is 5.41. The van der Waals surface area contributed by atoms with Gasteiger partial charge >= 0.3 is 0 Å². The summed E-state index contributed by atoms with van der Waals surface area (Å²) in [5.74, 6) is 1.81.